The average molecular weight is 340 g/mol. The van der Waals surface area contributed by atoms with E-state index in [1.54, 1.807) is 18.2 Å². The molecule has 1 aromatic carbocycles. The zero-order chi connectivity index (χ0) is 14.5. The Bertz CT molecular complexity index is 607. The summed E-state index contributed by atoms with van der Waals surface area (Å²) in [6.45, 7) is 2.07. The van der Waals surface area contributed by atoms with Gasteiger partial charge < -0.3 is 10.1 Å². The second kappa shape index (κ2) is 6.65. The second-order valence-electron chi connectivity index (χ2n) is 4.22. The lowest BCUT2D eigenvalue weighted by Gasteiger charge is -2.09. The van der Waals surface area contributed by atoms with Crippen LogP contribution in [0.2, 0.25) is 0 Å². The molecule has 0 aliphatic rings. The van der Waals surface area contributed by atoms with Gasteiger partial charge in [-0.1, -0.05) is 6.92 Å². The monoisotopic (exact) mass is 339 g/mol. The molecule has 20 heavy (non-hydrogen) atoms. The first-order valence-corrected chi connectivity index (χ1v) is 7.05. The molecule has 0 atom stereocenters. The molecule has 0 aliphatic heterocycles. The summed E-state index contributed by atoms with van der Waals surface area (Å²) in [5.74, 6) is 1.22. The third-order valence-electron chi connectivity index (χ3n) is 2.64. The topological polar surface area (TPSA) is 47.0 Å². The molecule has 2 aromatic rings. The quantitative estimate of drug-likeness (QED) is 0.833. The molecule has 0 fully saturated rings. The molecule has 2 rings (SSSR count). The van der Waals surface area contributed by atoms with E-state index in [1.165, 1.54) is 13.2 Å². The van der Waals surface area contributed by atoms with Crippen molar-refractivity contribution in [2.75, 3.05) is 12.4 Å². The van der Waals surface area contributed by atoms with Crippen LogP contribution in [0.1, 0.15) is 19.2 Å². The first-order valence-electron chi connectivity index (χ1n) is 6.26. The van der Waals surface area contributed by atoms with Gasteiger partial charge in [-0.15, -0.1) is 0 Å². The summed E-state index contributed by atoms with van der Waals surface area (Å²) in [4.78, 5) is 8.70. The lowest BCUT2D eigenvalue weighted by Crippen LogP contribution is -2.01. The Balaban J connectivity index is 2.25. The number of hydrogen-bond donors (Lipinski definition) is 1. The van der Waals surface area contributed by atoms with Gasteiger partial charge in [-0.2, -0.15) is 0 Å². The van der Waals surface area contributed by atoms with Gasteiger partial charge in [-0.05, 0) is 34.5 Å². The lowest BCUT2D eigenvalue weighted by molar-refractivity contribution is 0.387. The predicted octanol–water partition coefficient (Wildman–Crippen LogP) is 4.08. The highest BCUT2D eigenvalue weighted by molar-refractivity contribution is 9.10. The van der Waals surface area contributed by atoms with Crippen LogP contribution in [-0.2, 0) is 6.42 Å². The summed E-state index contributed by atoms with van der Waals surface area (Å²) in [5, 5.41) is 3.12. The number of rotatable bonds is 5. The molecule has 6 heteroatoms. The highest BCUT2D eigenvalue weighted by Crippen LogP contribution is 2.24. The van der Waals surface area contributed by atoms with Gasteiger partial charge in [-0.3, -0.25) is 0 Å². The molecule has 0 bridgehead atoms. The second-order valence-corrected chi connectivity index (χ2v) is 5.03. The van der Waals surface area contributed by atoms with E-state index < -0.39 is 5.82 Å². The molecule has 4 nitrogen and oxygen atoms in total. The molecule has 0 aliphatic carbocycles. The van der Waals surface area contributed by atoms with E-state index in [0.29, 0.717) is 16.1 Å². The van der Waals surface area contributed by atoms with Crippen molar-refractivity contribution >= 4 is 27.4 Å². The lowest BCUT2D eigenvalue weighted by atomic mass is 10.3. The summed E-state index contributed by atoms with van der Waals surface area (Å²) < 4.78 is 19.0. The molecule has 0 spiro atoms. The Hall–Kier alpha value is -1.69. The molecule has 0 saturated heterocycles. The third-order valence-corrected chi connectivity index (χ3v) is 3.04. The Kier molecular flexibility index (Phi) is 4.89. The maximum absolute atomic E-state index is 13.4. The third kappa shape index (κ3) is 3.66. The fraction of sp³-hybridized carbons (Fsp3) is 0.286. The van der Waals surface area contributed by atoms with Crippen LogP contribution in [0.15, 0.2) is 28.9 Å². The molecule has 0 unspecified atom stereocenters. The SMILES string of the molecule is CCCc1nc(Br)cc(Nc2ccc(F)c(OC)c2)n1. The van der Waals surface area contributed by atoms with Gasteiger partial charge in [0.2, 0.25) is 0 Å². The van der Waals surface area contributed by atoms with Crippen LogP contribution in [0.25, 0.3) is 0 Å². The molecule has 0 saturated carbocycles. The molecule has 1 heterocycles. The van der Waals surface area contributed by atoms with E-state index >= 15 is 0 Å². The van der Waals surface area contributed by atoms with Gasteiger partial charge in [0.15, 0.2) is 11.6 Å². The number of hydrogen-bond acceptors (Lipinski definition) is 4. The Morgan fingerprint density at radius 2 is 2.10 bits per heavy atom. The van der Waals surface area contributed by atoms with E-state index in [9.17, 15) is 4.39 Å². The van der Waals surface area contributed by atoms with Crippen LogP contribution >= 0.6 is 15.9 Å². The van der Waals surface area contributed by atoms with Crippen molar-refractivity contribution in [2.45, 2.75) is 19.8 Å². The predicted molar refractivity (Wildman–Crippen MR) is 80.0 cm³/mol. The molecule has 1 aromatic heterocycles. The fourth-order valence-corrected chi connectivity index (χ4v) is 2.17. The van der Waals surface area contributed by atoms with Crippen LogP contribution in [0.4, 0.5) is 15.9 Å². The number of aromatic nitrogens is 2. The van der Waals surface area contributed by atoms with Crippen LogP contribution < -0.4 is 10.1 Å². The summed E-state index contributed by atoms with van der Waals surface area (Å²) in [5.41, 5.74) is 0.705. The minimum absolute atomic E-state index is 0.192. The maximum atomic E-state index is 13.4. The van der Waals surface area contributed by atoms with Crippen molar-refractivity contribution in [3.05, 3.63) is 40.5 Å². The van der Waals surface area contributed by atoms with Crippen molar-refractivity contribution < 1.29 is 9.13 Å². The number of halogens is 2. The number of ether oxygens (including phenoxy) is 1. The normalized spacial score (nSPS) is 10.4. The van der Waals surface area contributed by atoms with Crippen molar-refractivity contribution in [1.82, 2.24) is 9.97 Å². The number of nitrogens with zero attached hydrogens (tertiary/aromatic N) is 2. The van der Waals surface area contributed by atoms with E-state index in [4.69, 9.17) is 4.74 Å². The molecular formula is C14H15BrFN3O. The molecule has 0 amide bonds. The van der Waals surface area contributed by atoms with Gasteiger partial charge in [0, 0.05) is 24.2 Å². The van der Waals surface area contributed by atoms with Crippen LogP contribution in [0, 0.1) is 5.82 Å². The van der Waals surface area contributed by atoms with E-state index in [0.717, 1.165) is 18.7 Å². The Morgan fingerprint density at radius 1 is 1.30 bits per heavy atom. The van der Waals surface area contributed by atoms with Gasteiger partial charge in [0.05, 0.1) is 7.11 Å². The van der Waals surface area contributed by atoms with Gasteiger partial charge >= 0.3 is 0 Å². The maximum Gasteiger partial charge on any atom is 0.165 e. The van der Waals surface area contributed by atoms with Crippen LogP contribution in [0.5, 0.6) is 5.75 Å². The highest BCUT2D eigenvalue weighted by Gasteiger charge is 2.06. The van der Waals surface area contributed by atoms with Gasteiger partial charge in [0.1, 0.15) is 16.2 Å². The van der Waals surface area contributed by atoms with Crippen molar-refractivity contribution in [3.8, 4) is 5.75 Å². The largest absolute Gasteiger partial charge is 0.494 e. The van der Waals surface area contributed by atoms with E-state index in [-0.39, 0.29) is 5.75 Å². The summed E-state index contributed by atoms with van der Waals surface area (Å²) in [6, 6.07) is 6.34. The summed E-state index contributed by atoms with van der Waals surface area (Å²) in [7, 11) is 1.43. The molecule has 1 N–H and O–H groups in total. The van der Waals surface area contributed by atoms with E-state index in [2.05, 4.69) is 38.1 Å². The molecule has 106 valence electrons. The number of anilines is 2. The van der Waals surface area contributed by atoms with Crippen LogP contribution in [-0.4, -0.2) is 17.1 Å². The highest BCUT2D eigenvalue weighted by atomic mass is 79.9. The molecule has 0 radical (unpaired) electrons. The van der Waals surface area contributed by atoms with Gasteiger partial charge in [0.25, 0.3) is 0 Å². The number of methoxy groups -OCH3 is 1. The minimum atomic E-state index is -0.395. The smallest absolute Gasteiger partial charge is 0.165 e. The van der Waals surface area contributed by atoms with Crippen molar-refractivity contribution in [1.29, 1.82) is 0 Å². The number of aryl methyl sites for hydroxylation is 1. The minimum Gasteiger partial charge on any atom is -0.494 e. The van der Waals surface area contributed by atoms with Gasteiger partial charge in [-0.25, -0.2) is 14.4 Å². The zero-order valence-electron chi connectivity index (χ0n) is 11.3. The fourth-order valence-electron chi connectivity index (χ4n) is 1.75. The van der Waals surface area contributed by atoms with Crippen molar-refractivity contribution in [2.24, 2.45) is 0 Å². The summed E-state index contributed by atoms with van der Waals surface area (Å²) >= 11 is 3.36. The number of nitrogens with one attached hydrogen (secondary N) is 1. The zero-order valence-corrected chi connectivity index (χ0v) is 12.9. The first-order chi connectivity index (χ1) is 9.62. The Morgan fingerprint density at radius 3 is 2.80 bits per heavy atom. The van der Waals surface area contributed by atoms with E-state index in [1.807, 2.05) is 0 Å². The first kappa shape index (κ1) is 14.7. The standard InChI is InChI=1S/C14H15BrFN3O/c1-3-4-13-18-12(15)8-14(19-13)17-9-5-6-10(16)11(7-9)20-2/h5-8H,3-4H2,1-2H3,(H,17,18,19). The van der Waals surface area contributed by atoms with Crippen molar-refractivity contribution in [3.63, 3.8) is 0 Å². The Labute approximate surface area is 125 Å². The number of benzene rings is 1. The van der Waals surface area contributed by atoms with Crippen LogP contribution in [0.3, 0.4) is 0 Å². The summed E-state index contributed by atoms with van der Waals surface area (Å²) in [6.07, 6.45) is 1.78. The molecular weight excluding hydrogens is 325 g/mol. The average Bonchev–Trinajstić information content (AvgIpc) is 2.40.